The third-order valence-electron chi connectivity index (χ3n) is 3.15. The van der Waals surface area contributed by atoms with Crippen molar-refractivity contribution in [3.63, 3.8) is 0 Å². The standard InChI is InChI=1S/C12H16N2O/c1-14-7-9(8-14)15-12-4-2-3-11-10(12)5-6-13-11/h2-4,9,13H,5-8H2,1H3. The summed E-state index contributed by atoms with van der Waals surface area (Å²) in [5, 5.41) is 3.37. The Bertz CT molecular complexity index is 372. The highest BCUT2D eigenvalue weighted by molar-refractivity contribution is 5.61. The van der Waals surface area contributed by atoms with E-state index in [4.69, 9.17) is 4.74 Å². The van der Waals surface area contributed by atoms with Gasteiger partial charge in [0.15, 0.2) is 0 Å². The van der Waals surface area contributed by atoms with E-state index in [1.807, 2.05) is 0 Å². The molecule has 0 unspecified atom stereocenters. The van der Waals surface area contributed by atoms with Crippen molar-refractivity contribution in [3.05, 3.63) is 23.8 Å². The van der Waals surface area contributed by atoms with Crippen LogP contribution in [0.3, 0.4) is 0 Å². The first-order chi connectivity index (χ1) is 7.33. The zero-order chi connectivity index (χ0) is 10.3. The topological polar surface area (TPSA) is 24.5 Å². The maximum atomic E-state index is 5.98. The molecule has 1 aromatic rings. The van der Waals surface area contributed by atoms with Gasteiger partial charge in [-0.3, -0.25) is 4.90 Å². The van der Waals surface area contributed by atoms with E-state index in [2.05, 4.69) is 35.5 Å². The monoisotopic (exact) mass is 204 g/mol. The largest absolute Gasteiger partial charge is 0.487 e. The van der Waals surface area contributed by atoms with Gasteiger partial charge in [-0.05, 0) is 25.6 Å². The quantitative estimate of drug-likeness (QED) is 0.787. The molecule has 1 saturated heterocycles. The summed E-state index contributed by atoms with van der Waals surface area (Å²) < 4.78 is 5.98. The third-order valence-corrected chi connectivity index (χ3v) is 3.15. The summed E-state index contributed by atoms with van der Waals surface area (Å²) in [6, 6.07) is 6.28. The maximum Gasteiger partial charge on any atom is 0.125 e. The highest BCUT2D eigenvalue weighted by Gasteiger charge is 2.26. The van der Waals surface area contributed by atoms with Gasteiger partial charge >= 0.3 is 0 Å². The highest BCUT2D eigenvalue weighted by Crippen LogP contribution is 2.32. The first-order valence-electron chi connectivity index (χ1n) is 5.54. The summed E-state index contributed by atoms with van der Waals surface area (Å²) in [6.07, 6.45) is 1.48. The van der Waals surface area contributed by atoms with E-state index in [1.54, 1.807) is 0 Å². The molecule has 3 nitrogen and oxygen atoms in total. The summed E-state index contributed by atoms with van der Waals surface area (Å²) in [5.74, 6) is 1.08. The Balaban J connectivity index is 1.77. The van der Waals surface area contributed by atoms with E-state index in [0.29, 0.717) is 6.10 Å². The van der Waals surface area contributed by atoms with E-state index in [0.717, 1.165) is 31.8 Å². The molecule has 80 valence electrons. The molecule has 0 aromatic heterocycles. The molecule has 1 fully saturated rings. The summed E-state index contributed by atoms with van der Waals surface area (Å²) in [7, 11) is 2.12. The Hall–Kier alpha value is -1.22. The number of fused-ring (bicyclic) bond motifs is 1. The number of likely N-dealkylation sites (N-methyl/N-ethyl adjacent to an activating group) is 1. The van der Waals surface area contributed by atoms with E-state index in [9.17, 15) is 0 Å². The van der Waals surface area contributed by atoms with Crippen LogP contribution in [0.15, 0.2) is 18.2 Å². The molecule has 2 aliphatic heterocycles. The van der Waals surface area contributed by atoms with Crippen LogP contribution in [0.4, 0.5) is 5.69 Å². The first kappa shape index (κ1) is 9.04. The van der Waals surface area contributed by atoms with E-state index in [1.165, 1.54) is 11.3 Å². The lowest BCUT2D eigenvalue weighted by Crippen LogP contribution is -2.51. The maximum absolute atomic E-state index is 5.98. The predicted octanol–water partition coefficient (Wildman–Crippen LogP) is 1.35. The van der Waals surface area contributed by atoms with Gasteiger partial charge in [0.25, 0.3) is 0 Å². The Morgan fingerprint density at radius 1 is 1.40 bits per heavy atom. The van der Waals surface area contributed by atoms with Crippen molar-refractivity contribution in [2.45, 2.75) is 12.5 Å². The van der Waals surface area contributed by atoms with Gasteiger partial charge in [0.2, 0.25) is 0 Å². The molecule has 2 heterocycles. The fourth-order valence-electron chi connectivity index (χ4n) is 2.32. The van der Waals surface area contributed by atoms with Crippen LogP contribution in [0.25, 0.3) is 0 Å². The molecular weight excluding hydrogens is 188 g/mol. The van der Waals surface area contributed by atoms with Gasteiger partial charge in [-0.2, -0.15) is 0 Å². The number of ether oxygens (including phenoxy) is 1. The minimum absolute atomic E-state index is 0.391. The van der Waals surface area contributed by atoms with Gasteiger partial charge in [-0.15, -0.1) is 0 Å². The minimum atomic E-state index is 0.391. The Kier molecular flexibility index (Phi) is 2.06. The number of rotatable bonds is 2. The van der Waals surface area contributed by atoms with Crippen LogP contribution < -0.4 is 10.1 Å². The van der Waals surface area contributed by atoms with Gasteiger partial charge in [0, 0.05) is 30.9 Å². The number of benzene rings is 1. The summed E-state index contributed by atoms with van der Waals surface area (Å²) in [6.45, 7) is 3.15. The number of hydrogen-bond acceptors (Lipinski definition) is 3. The number of anilines is 1. The molecule has 0 radical (unpaired) electrons. The van der Waals surface area contributed by atoms with Gasteiger partial charge in [-0.25, -0.2) is 0 Å². The van der Waals surface area contributed by atoms with Gasteiger partial charge in [0.1, 0.15) is 11.9 Å². The lowest BCUT2D eigenvalue weighted by atomic mass is 10.1. The molecule has 0 atom stereocenters. The molecule has 1 aromatic carbocycles. The van der Waals surface area contributed by atoms with Crippen molar-refractivity contribution in [2.75, 3.05) is 32.0 Å². The minimum Gasteiger partial charge on any atom is -0.487 e. The fraction of sp³-hybridized carbons (Fsp3) is 0.500. The van der Waals surface area contributed by atoms with Gasteiger partial charge < -0.3 is 10.1 Å². The van der Waals surface area contributed by atoms with Crippen LogP contribution in [-0.4, -0.2) is 37.7 Å². The SMILES string of the molecule is CN1CC(Oc2cccc3c2CCN3)C1. The third kappa shape index (κ3) is 1.57. The average Bonchev–Trinajstić information content (AvgIpc) is 2.64. The normalized spacial score (nSPS) is 20.6. The van der Waals surface area contributed by atoms with Gasteiger partial charge in [0.05, 0.1) is 0 Å². The van der Waals surface area contributed by atoms with Crippen molar-refractivity contribution in [1.29, 1.82) is 0 Å². The Morgan fingerprint density at radius 2 is 2.27 bits per heavy atom. The fourth-order valence-corrected chi connectivity index (χ4v) is 2.32. The van der Waals surface area contributed by atoms with Crippen LogP contribution in [0.1, 0.15) is 5.56 Å². The molecule has 3 rings (SSSR count). The van der Waals surface area contributed by atoms with E-state index in [-0.39, 0.29) is 0 Å². The number of likely N-dealkylation sites (tertiary alicyclic amines) is 1. The van der Waals surface area contributed by atoms with Crippen LogP contribution >= 0.6 is 0 Å². The van der Waals surface area contributed by atoms with Crippen LogP contribution in [0.5, 0.6) is 5.75 Å². The Labute approximate surface area is 90.0 Å². The molecule has 15 heavy (non-hydrogen) atoms. The van der Waals surface area contributed by atoms with Gasteiger partial charge in [-0.1, -0.05) is 6.07 Å². The summed E-state index contributed by atoms with van der Waals surface area (Å²) in [5.41, 5.74) is 2.60. The molecule has 0 aliphatic carbocycles. The molecular formula is C12H16N2O. The summed E-state index contributed by atoms with van der Waals surface area (Å²) >= 11 is 0. The number of hydrogen-bond donors (Lipinski definition) is 1. The highest BCUT2D eigenvalue weighted by atomic mass is 16.5. The molecule has 2 aliphatic rings. The summed E-state index contributed by atoms with van der Waals surface area (Å²) in [4.78, 5) is 2.27. The zero-order valence-corrected chi connectivity index (χ0v) is 8.99. The zero-order valence-electron chi connectivity index (χ0n) is 8.99. The molecule has 0 bridgehead atoms. The smallest absolute Gasteiger partial charge is 0.125 e. The number of nitrogens with zero attached hydrogens (tertiary/aromatic N) is 1. The van der Waals surface area contributed by atoms with Crippen LogP contribution in [0.2, 0.25) is 0 Å². The second kappa shape index (κ2) is 3.42. The second-order valence-corrected chi connectivity index (χ2v) is 4.42. The molecule has 3 heteroatoms. The molecule has 0 amide bonds. The van der Waals surface area contributed by atoms with Crippen molar-refractivity contribution in [2.24, 2.45) is 0 Å². The lowest BCUT2D eigenvalue weighted by molar-refractivity contribution is 0.0383. The van der Waals surface area contributed by atoms with Crippen molar-refractivity contribution >= 4 is 5.69 Å². The van der Waals surface area contributed by atoms with Crippen molar-refractivity contribution in [1.82, 2.24) is 4.90 Å². The molecule has 0 saturated carbocycles. The van der Waals surface area contributed by atoms with E-state index >= 15 is 0 Å². The lowest BCUT2D eigenvalue weighted by Gasteiger charge is -2.36. The van der Waals surface area contributed by atoms with E-state index < -0.39 is 0 Å². The predicted molar refractivity (Wildman–Crippen MR) is 60.5 cm³/mol. The van der Waals surface area contributed by atoms with Crippen molar-refractivity contribution < 1.29 is 4.74 Å². The van der Waals surface area contributed by atoms with Crippen molar-refractivity contribution in [3.8, 4) is 5.75 Å². The molecule has 0 spiro atoms. The average molecular weight is 204 g/mol. The second-order valence-electron chi connectivity index (χ2n) is 4.42. The first-order valence-corrected chi connectivity index (χ1v) is 5.54. The molecule has 1 N–H and O–H groups in total. The van der Waals surface area contributed by atoms with Crippen LogP contribution in [0, 0.1) is 0 Å². The number of nitrogens with one attached hydrogen (secondary N) is 1. The Morgan fingerprint density at radius 3 is 3.07 bits per heavy atom. The van der Waals surface area contributed by atoms with Crippen LogP contribution in [-0.2, 0) is 6.42 Å².